The number of hydrogen-bond donors (Lipinski definition) is 4. The standard InChI is InChI=1S/C21H22N4O3.C2HF3O2/c1-28-18-9-6-15(7-10-18)12-19(26)24-17-4-2-3-14(11-17)5-8-16-13-23-25-20(16)21(22)27;3-2(4,5)1(6)7/h2-4,6-7,9-11,13H,5,8,12H2,1H3,(H2,22,27)(H,23,25)(H,24,26);(H,6,7). The van der Waals surface area contributed by atoms with Crippen LogP contribution in [0.5, 0.6) is 5.75 Å². The van der Waals surface area contributed by atoms with Gasteiger partial charge >= 0.3 is 12.1 Å². The lowest BCUT2D eigenvalue weighted by Gasteiger charge is -2.08. The molecule has 0 saturated carbocycles. The highest BCUT2D eigenvalue weighted by atomic mass is 19.4. The van der Waals surface area contributed by atoms with Crippen molar-refractivity contribution in [3.05, 3.63) is 77.1 Å². The van der Waals surface area contributed by atoms with Gasteiger partial charge in [-0.25, -0.2) is 4.79 Å². The maximum atomic E-state index is 12.3. The zero-order valence-corrected chi connectivity index (χ0v) is 18.6. The van der Waals surface area contributed by atoms with Gasteiger partial charge in [-0.05, 0) is 48.2 Å². The van der Waals surface area contributed by atoms with Gasteiger partial charge in [-0.1, -0.05) is 24.3 Å². The number of rotatable bonds is 8. The molecule has 0 aliphatic rings. The Balaban J connectivity index is 0.000000540. The minimum Gasteiger partial charge on any atom is -0.497 e. The van der Waals surface area contributed by atoms with Crippen LogP contribution in [0.2, 0.25) is 0 Å². The Morgan fingerprint density at radius 3 is 2.31 bits per heavy atom. The lowest BCUT2D eigenvalue weighted by atomic mass is 10.0. The Morgan fingerprint density at radius 2 is 1.74 bits per heavy atom. The first kappa shape index (κ1) is 26.9. The average Bonchev–Trinajstić information content (AvgIpc) is 3.27. The SMILES string of the molecule is COc1ccc(CC(=O)Nc2cccc(CCc3cn[nH]c3C(N)=O)c2)cc1.O=C(O)C(F)(F)F. The molecular formula is C23H23F3N4O5. The molecule has 5 N–H and O–H groups in total. The van der Waals surface area contributed by atoms with Gasteiger partial charge in [0.1, 0.15) is 11.4 Å². The molecule has 0 fully saturated rings. The monoisotopic (exact) mass is 492 g/mol. The third-order valence-electron chi connectivity index (χ3n) is 4.62. The molecule has 3 aromatic rings. The Bertz CT molecular complexity index is 1160. The maximum Gasteiger partial charge on any atom is 0.490 e. The predicted molar refractivity (Wildman–Crippen MR) is 120 cm³/mol. The maximum absolute atomic E-state index is 12.3. The smallest absolute Gasteiger partial charge is 0.490 e. The van der Waals surface area contributed by atoms with Crippen LogP contribution in [0.15, 0.2) is 54.7 Å². The highest BCUT2D eigenvalue weighted by Gasteiger charge is 2.38. The summed E-state index contributed by atoms with van der Waals surface area (Å²) in [5, 5.41) is 16.5. The van der Waals surface area contributed by atoms with Gasteiger partial charge in [-0.3, -0.25) is 14.7 Å². The summed E-state index contributed by atoms with van der Waals surface area (Å²) in [5.74, 6) is -2.61. The zero-order chi connectivity index (χ0) is 26.0. The van der Waals surface area contributed by atoms with Crippen molar-refractivity contribution in [2.24, 2.45) is 5.73 Å². The molecule has 0 aliphatic heterocycles. The van der Waals surface area contributed by atoms with E-state index in [1.54, 1.807) is 13.3 Å². The van der Waals surface area contributed by atoms with E-state index in [4.69, 9.17) is 20.4 Å². The van der Waals surface area contributed by atoms with Gasteiger partial charge in [-0.2, -0.15) is 18.3 Å². The summed E-state index contributed by atoms with van der Waals surface area (Å²) in [4.78, 5) is 32.6. The molecule has 1 aromatic heterocycles. The van der Waals surface area contributed by atoms with Crippen LogP contribution in [-0.2, 0) is 28.9 Å². The molecule has 3 rings (SSSR count). The van der Waals surface area contributed by atoms with Gasteiger partial charge in [0.05, 0.1) is 19.7 Å². The van der Waals surface area contributed by atoms with Gasteiger partial charge in [0.15, 0.2) is 0 Å². The van der Waals surface area contributed by atoms with Crippen molar-refractivity contribution in [3.8, 4) is 5.75 Å². The summed E-state index contributed by atoms with van der Waals surface area (Å²) in [7, 11) is 1.61. The van der Waals surface area contributed by atoms with E-state index in [9.17, 15) is 22.8 Å². The van der Waals surface area contributed by atoms with Crippen molar-refractivity contribution in [1.29, 1.82) is 0 Å². The molecule has 12 heteroatoms. The minimum absolute atomic E-state index is 0.0897. The van der Waals surface area contributed by atoms with Crippen molar-refractivity contribution in [3.63, 3.8) is 0 Å². The van der Waals surface area contributed by atoms with Crippen LogP contribution in [-0.4, -0.2) is 46.4 Å². The average molecular weight is 492 g/mol. The summed E-state index contributed by atoms with van der Waals surface area (Å²) in [6, 6.07) is 15.1. The number of carboxylic acids is 1. The lowest BCUT2D eigenvalue weighted by molar-refractivity contribution is -0.192. The molecule has 2 aromatic carbocycles. The summed E-state index contributed by atoms with van der Waals surface area (Å²) in [6.45, 7) is 0. The lowest BCUT2D eigenvalue weighted by Crippen LogP contribution is -2.21. The van der Waals surface area contributed by atoms with Crippen LogP contribution < -0.4 is 15.8 Å². The molecule has 186 valence electrons. The first-order chi connectivity index (χ1) is 16.5. The molecule has 0 saturated heterocycles. The second-order valence-electron chi connectivity index (χ2n) is 7.21. The third-order valence-corrected chi connectivity index (χ3v) is 4.62. The van der Waals surface area contributed by atoms with Crippen LogP contribution in [0, 0.1) is 0 Å². The number of primary amides is 1. The van der Waals surface area contributed by atoms with Gasteiger partial charge in [0.25, 0.3) is 5.91 Å². The molecule has 2 amide bonds. The number of aliphatic carboxylic acids is 1. The summed E-state index contributed by atoms with van der Waals surface area (Å²) in [5.41, 5.74) is 9.12. The van der Waals surface area contributed by atoms with Crippen LogP contribution in [0.3, 0.4) is 0 Å². The molecule has 0 atom stereocenters. The number of anilines is 1. The predicted octanol–water partition coefficient (Wildman–Crippen LogP) is 3.12. The molecule has 0 radical (unpaired) electrons. The number of nitrogens with one attached hydrogen (secondary N) is 2. The van der Waals surface area contributed by atoms with Gasteiger partial charge in [0, 0.05) is 11.3 Å². The van der Waals surface area contributed by atoms with E-state index in [-0.39, 0.29) is 12.3 Å². The minimum atomic E-state index is -5.08. The number of amides is 2. The van der Waals surface area contributed by atoms with E-state index in [1.807, 2.05) is 48.5 Å². The number of aromatic nitrogens is 2. The van der Waals surface area contributed by atoms with E-state index < -0.39 is 18.1 Å². The van der Waals surface area contributed by atoms with Crippen molar-refractivity contribution in [1.82, 2.24) is 10.2 Å². The number of ether oxygens (including phenoxy) is 1. The Labute approximate surface area is 198 Å². The second-order valence-corrected chi connectivity index (χ2v) is 7.21. The number of H-pyrrole nitrogens is 1. The third kappa shape index (κ3) is 8.84. The van der Waals surface area contributed by atoms with Crippen molar-refractivity contribution < 1.29 is 37.4 Å². The fourth-order valence-corrected chi connectivity index (χ4v) is 2.93. The van der Waals surface area contributed by atoms with E-state index >= 15 is 0 Å². The number of nitrogens with two attached hydrogens (primary N) is 1. The van der Waals surface area contributed by atoms with Gasteiger partial charge < -0.3 is 20.9 Å². The fourth-order valence-electron chi connectivity index (χ4n) is 2.93. The number of nitrogens with zero attached hydrogens (tertiary/aromatic N) is 1. The Morgan fingerprint density at radius 1 is 1.09 bits per heavy atom. The number of methoxy groups -OCH3 is 1. The number of carbonyl (C=O) groups excluding carboxylic acids is 2. The summed E-state index contributed by atoms with van der Waals surface area (Å²) in [6.07, 6.45) is -1.87. The molecule has 9 nitrogen and oxygen atoms in total. The molecule has 0 bridgehead atoms. The van der Waals surface area contributed by atoms with Crippen LogP contribution in [0.4, 0.5) is 18.9 Å². The highest BCUT2D eigenvalue weighted by molar-refractivity contribution is 5.92. The van der Waals surface area contributed by atoms with E-state index in [1.165, 1.54) is 0 Å². The number of aryl methyl sites for hydroxylation is 2. The largest absolute Gasteiger partial charge is 0.497 e. The number of halogens is 3. The molecular weight excluding hydrogens is 469 g/mol. The quantitative estimate of drug-likeness (QED) is 0.380. The number of hydrogen-bond acceptors (Lipinski definition) is 5. The van der Waals surface area contributed by atoms with Gasteiger partial charge in [0.2, 0.25) is 5.91 Å². The Kier molecular flexibility index (Phi) is 9.38. The van der Waals surface area contributed by atoms with Crippen LogP contribution >= 0.6 is 0 Å². The second kappa shape index (κ2) is 12.2. The number of carbonyl (C=O) groups is 3. The van der Waals surface area contributed by atoms with Crippen molar-refractivity contribution in [2.75, 3.05) is 12.4 Å². The number of benzene rings is 2. The van der Waals surface area contributed by atoms with Crippen molar-refractivity contribution >= 4 is 23.5 Å². The number of aromatic amines is 1. The molecule has 1 heterocycles. The van der Waals surface area contributed by atoms with Crippen molar-refractivity contribution in [2.45, 2.75) is 25.4 Å². The van der Waals surface area contributed by atoms with E-state index in [0.717, 1.165) is 28.1 Å². The summed E-state index contributed by atoms with van der Waals surface area (Å²) < 4.78 is 36.9. The highest BCUT2D eigenvalue weighted by Crippen LogP contribution is 2.16. The first-order valence-electron chi connectivity index (χ1n) is 10.1. The Hall–Kier alpha value is -4.35. The number of carboxylic acid groups (broad SMARTS) is 1. The molecule has 0 spiro atoms. The van der Waals surface area contributed by atoms with Crippen LogP contribution in [0.25, 0.3) is 0 Å². The first-order valence-corrected chi connectivity index (χ1v) is 10.1. The normalized spacial score (nSPS) is 10.6. The molecule has 0 unspecified atom stereocenters. The van der Waals surface area contributed by atoms with E-state index in [2.05, 4.69) is 15.5 Å². The summed E-state index contributed by atoms with van der Waals surface area (Å²) >= 11 is 0. The molecule has 0 aliphatic carbocycles. The van der Waals surface area contributed by atoms with E-state index in [0.29, 0.717) is 18.5 Å². The van der Waals surface area contributed by atoms with Crippen LogP contribution in [0.1, 0.15) is 27.2 Å². The van der Waals surface area contributed by atoms with Gasteiger partial charge in [-0.15, -0.1) is 0 Å². The topological polar surface area (TPSA) is 147 Å². The number of alkyl halides is 3. The fraction of sp³-hybridized carbons (Fsp3) is 0.217. The molecule has 35 heavy (non-hydrogen) atoms. The zero-order valence-electron chi connectivity index (χ0n) is 18.6.